The van der Waals surface area contributed by atoms with Crippen LogP contribution in [0.2, 0.25) is 0 Å². The van der Waals surface area contributed by atoms with Gasteiger partial charge in [0, 0.05) is 25.7 Å². The van der Waals surface area contributed by atoms with Crippen molar-refractivity contribution in [3.8, 4) is 0 Å². The molecule has 0 saturated carbocycles. The van der Waals surface area contributed by atoms with Gasteiger partial charge in [-0.25, -0.2) is 0 Å². The molecule has 0 amide bonds. The molecule has 1 N–H and O–H groups in total. The summed E-state index contributed by atoms with van der Waals surface area (Å²) in [5, 5.41) is 3.72. The van der Waals surface area contributed by atoms with E-state index in [-0.39, 0.29) is 0 Å². The standard InChI is InChI=1S/C18H29NO2/c1-4-11-19-18(17-10-13-21-14(17)2)16-7-5-15(6-8-16)9-12-20-3/h5-8,14,17-19H,4,9-13H2,1-3H3. The molecule has 3 unspecified atom stereocenters. The van der Waals surface area contributed by atoms with Gasteiger partial charge in [0.1, 0.15) is 0 Å². The van der Waals surface area contributed by atoms with Crippen LogP contribution >= 0.6 is 0 Å². The van der Waals surface area contributed by atoms with E-state index in [0.717, 1.165) is 39.0 Å². The largest absolute Gasteiger partial charge is 0.384 e. The summed E-state index contributed by atoms with van der Waals surface area (Å²) in [5.74, 6) is 0.571. The highest BCUT2D eigenvalue weighted by Gasteiger charge is 2.32. The Hall–Kier alpha value is -0.900. The quantitative estimate of drug-likeness (QED) is 0.797. The molecule has 1 saturated heterocycles. The molecule has 0 spiro atoms. The number of hydrogen-bond acceptors (Lipinski definition) is 3. The Kier molecular flexibility index (Phi) is 6.68. The van der Waals surface area contributed by atoms with E-state index in [9.17, 15) is 0 Å². The van der Waals surface area contributed by atoms with E-state index in [0.29, 0.717) is 18.1 Å². The smallest absolute Gasteiger partial charge is 0.0594 e. The van der Waals surface area contributed by atoms with Crippen molar-refractivity contribution < 1.29 is 9.47 Å². The van der Waals surface area contributed by atoms with Gasteiger partial charge in [0.15, 0.2) is 0 Å². The van der Waals surface area contributed by atoms with Gasteiger partial charge in [-0.3, -0.25) is 0 Å². The van der Waals surface area contributed by atoms with Crippen LogP contribution in [0.15, 0.2) is 24.3 Å². The van der Waals surface area contributed by atoms with E-state index in [1.165, 1.54) is 11.1 Å². The molecular weight excluding hydrogens is 262 g/mol. The molecule has 1 aliphatic rings. The van der Waals surface area contributed by atoms with Crippen molar-refractivity contribution in [3.05, 3.63) is 35.4 Å². The molecule has 3 heteroatoms. The minimum atomic E-state index is 0.340. The fourth-order valence-corrected chi connectivity index (χ4v) is 3.11. The van der Waals surface area contributed by atoms with E-state index < -0.39 is 0 Å². The van der Waals surface area contributed by atoms with Crippen LogP contribution in [0.3, 0.4) is 0 Å². The van der Waals surface area contributed by atoms with Crippen LogP contribution in [-0.4, -0.2) is 33.0 Å². The Morgan fingerprint density at radius 1 is 1.33 bits per heavy atom. The van der Waals surface area contributed by atoms with Gasteiger partial charge in [0.25, 0.3) is 0 Å². The highest BCUT2D eigenvalue weighted by Crippen LogP contribution is 2.33. The highest BCUT2D eigenvalue weighted by molar-refractivity contribution is 5.26. The van der Waals surface area contributed by atoms with Crippen molar-refractivity contribution in [2.24, 2.45) is 5.92 Å². The Bertz CT molecular complexity index is 404. The zero-order chi connectivity index (χ0) is 15.1. The van der Waals surface area contributed by atoms with E-state index in [4.69, 9.17) is 9.47 Å². The van der Waals surface area contributed by atoms with Gasteiger partial charge in [0.2, 0.25) is 0 Å². The topological polar surface area (TPSA) is 30.5 Å². The average molecular weight is 291 g/mol. The fraction of sp³-hybridized carbons (Fsp3) is 0.667. The number of rotatable bonds is 8. The second-order valence-corrected chi connectivity index (χ2v) is 5.94. The Morgan fingerprint density at radius 3 is 2.67 bits per heavy atom. The summed E-state index contributed by atoms with van der Waals surface area (Å²) in [6.45, 7) is 7.14. The molecular formula is C18H29NO2. The van der Waals surface area contributed by atoms with Gasteiger partial charge < -0.3 is 14.8 Å². The molecule has 118 valence electrons. The Labute approximate surface area is 129 Å². The van der Waals surface area contributed by atoms with Gasteiger partial charge in [0.05, 0.1) is 12.7 Å². The lowest BCUT2D eigenvalue weighted by Gasteiger charge is -2.27. The maximum atomic E-state index is 5.77. The third kappa shape index (κ3) is 4.53. The van der Waals surface area contributed by atoms with Gasteiger partial charge in [-0.15, -0.1) is 0 Å². The number of ether oxygens (including phenoxy) is 2. The van der Waals surface area contributed by atoms with E-state index in [2.05, 4.69) is 43.4 Å². The fourth-order valence-electron chi connectivity index (χ4n) is 3.11. The van der Waals surface area contributed by atoms with E-state index in [1.54, 1.807) is 7.11 Å². The maximum Gasteiger partial charge on any atom is 0.0594 e. The van der Waals surface area contributed by atoms with Crippen LogP contribution in [0.1, 0.15) is 43.9 Å². The number of methoxy groups -OCH3 is 1. The number of hydrogen-bond donors (Lipinski definition) is 1. The molecule has 1 aromatic rings. The second kappa shape index (κ2) is 8.52. The molecule has 0 radical (unpaired) electrons. The third-order valence-corrected chi connectivity index (χ3v) is 4.41. The third-order valence-electron chi connectivity index (χ3n) is 4.41. The number of benzene rings is 1. The molecule has 1 fully saturated rings. The predicted octanol–water partition coefficient (Wildman–Crippen LogP) is 3.34. The van der Waals surface area contributed by atoms with Crippen molar-refractivity contribution >= 4 is 0 Å². The van der Waals surface area contributed by atoms with Crippen molar-refractivity contribution in [3.63, 3.8) is 0 Å². The Balaban J connectivity index is 2.08. The average Bonchev–Trinajstić information content (AvgIpc) is 2.93. The first kappa shape index (κ1) is 16.5. The minimum Gasteiger partial charge on any atom is -0.384 e. The summed E-state index contributed by atoms with van der Waals surface area (Å²) in [4.78, 5) is 0. The summed E-state index contributed by atoms with van der Waals surface area (Å²) < 4.78 is 10.9. The molecule has 0 aromatic heterocycles. The molecule has 1 aliphatic heterocycles. The predicted molar refractivity (Wildman–Crippen MR) is 86.6 cm³/mol. The van der Waals surface area contributed by atoms with Crippen molar-refractivity contribution in [2.75, 3.05) is 26.9 Å². The first-order valence-corrected chi connectivity index (χ1v) is 8.19. The van der Waals surface area contributed by atoms with Crippen LogP contribution in [0.5, 0.6) is 0 Å². The molecule has 3 atom stereocenters. The minimum absolute atomic E-state index is 0.340. The molecule has 21 heavy (non-hydrogen) atoms. The van der Waals surface area contributed by atoms with Gasteiger partial charge in [-0.1, -0.05) is 31.2 Å². The summed E-state index contributed by atoms with van der Waals surface area (Å²) in [5.41, 5.74) is 2.72. The Morgan fingerprint density at radius 2 is 2.10 bits per heavy atom. The van der Waals surface area contributed by atoms with Crippen LogP contribution in [0.25, 0.3) is 0 Å². The van der Waals surface area contributed by atoms with Crippen LogP contribution in [-0.2, 0) is 15.9 Å². The van der Waals surface area contributed by atoms with E-state index in [1.807, 2.05) is 0 Å². The van der Waals surface area contributed by atoms with Gasteiger partial charge >= 0.3 is 0 Å². The van der Waals surface area contributed by atoms with Crippen molar-refractivity contribution in [1.29, 1.82) is 0 Å². The SMILES string of the molecule is CCCNC(c1ccc(CCOC)cc1)C1CCOC1C. The highest BCUT2D eigenvalue weighted by atomic mass is 16.5. The molecule has 0 bridgehead atoms. The summed E-state index contributed by atoms with van der Waals surface area (Å²) in [7, 11) is 1.75. The molecule has 1 heterocycles. The maximum absolute atomic E-state index is 5.77. The molecule has 2 rings (SSSR count). The van der Waals surface area contributed by atoms with Gasteiger partial charge in [-0.05, 0) is 43.9 Å². The monoisotopic (exact) mass is 291 g/mol. The van der Waals surface area contributed by atoms with Crippen LogP contribution in [0, 0.1) is 5.92 Å². The zero-order valence-electron chi connectivity index (χ0n) is 13.6. The first-order valence-electron chi connectivity index (χ1n) is 8.19. The van der Waals surface area contributed by atoms with Crippen molar-refractivity contribution in [2.45, 2.75) is 45.3 Å². The molecule has 1 aromatic carbocycles. The van der Waals surface area contributed by atoms with Crippen molar-refractivity contribution in [1.82, 2.24) is 5.32 Å². The lowest BCUT2D eigenvalue weighted by atomic mass is 9.87. The lowest BCUT2D eigenvalue weighted by Crippen LogP contribution is -2.32. The lowest BCUT2D eigenvalue weighted by molar-refractivity contribution is 0.0954. The summed E-state index contributed by atoms with van der Waals surface area (Å²) in [6.07, 6.45) is 3.62. The molecule has 0 aliphatic carbocycles. The molecule has 3 nitrogen and oxygen atoms in total. The van der Waals surface area contributed by atoms with Crippen LogP contribution < -0.4 is 5.32 Å². The zero-order valence-corrected chi connectivity index (χ0v) is 13.6. The first-order chi connectivity index (χ1) is 10.3. The van der Waals surface area contributed by atoms with Crippen LogP contribution in [0.4, 0.5) is 0 Å². The normalized spacial score (nSPS) is 23.4. The van der Waals surface area contributed by atoms with Gasteiger partial charge in [-0.2, -0.15) is 0 Å². The second-order valence-electron chi connectivity index (χ2n) is 5.94. The number of nitrogens with one attached hydrogen (secondary N) is 1. The summed E-state index contributed by atoms with van der Waals surface area (Å²) in [6, 6.07) is 9.40. The van der Waals surface area contributed by atoms with E-state index >= 15 is 0 Å². The summed E-state index contributed by atoms with van der Waals surface area (Å²) >= 11 is 0.